The van der Waals surface area contributed by atoms with E-state index >= 15 is 0 Å². The highest BCUT2D eigenvalue weighted by Gasteiger charge is 2.14. The number of carbonyl (C=O) groups is 1. The first-order chi connectivity index (χ1) is 8.22. The van der Waals surface area contributed by atoms with Crippen molar-refractivity contribution >= 4 is 5.91 Å². The van der Waals surface area contributed by atoms with Crippen LogP contribution in [-0.2, 0) is 0 Å². The maximum atomic E-state index is 12.0. The summed E-state index contributed by atoms with van der Waals surface area (Å²) in [5.74, 6) is 0.478. The molecule has 1 aromatic rings. The molecule has 0 saturated heterocycles. The molecule has 0 aliphatic rings. The van der Waals surface area contributed by atoms with Crippen LogP contribution in [0, 0.1) is 0 Å². The third-order valence-corrected chi connectivity index (χ3v) is 2.54. The number of rotatable bonds is 6. The Balaban J connectivity index is 2.80. The van der Waals surface area contributed by atoms with Gasteiger partial charge in [-0.1, -0.05) is 19.1 Å². The van der Waals surface area contributed by atoms with Crippen LogP contribution in [0.2, 0.25) is 0 Å². The fourth-order valence-corrected chi connectivity index (χ4v) is 1.53. The number of hydrogen-bond acceptors (Lipinski definition) is 3. The second kappa shape index (κ2) is 6.91. The topological polar surface area (TPSA) is 64.3 Å². The minimum absolute atomic E-state index is 0.0113. The summed E-state index contributed by atoms with van der Waals surface area (Å²) in [7, 11) is 0. The van der Waals surface area contributed by atoms with Gasteiger partial charge in [0.2, 0.25) is 0 Å². The van der Waals surface area contributed by atoms with E-state index in [0.29, 0.717) is 24.5 Å². The molecule has 0 aliphatic carbocycles. The molecule has 0 aromatic heterocycles. The van der Waals surface area contributed by atoms with Crippen LogP contribution in [0.4, 0.5) is 0 Å². The molecule has 1 aromatic carbocycles. The second-order valence-electron chi connectivity index (χ2n) is 3.74. The van der Waals surface area contributed by atoms with E-state index in [1.807, 2.05) is 26.0 Å². The Morgan fingerprint density at radius 3 is 2.71 bits per heavy atom. The SMILES string of the molecule is CCOc1ccccc1C(=O)NC(CC)CN. The highest BCUT2D eigenvalue weighted by Crippen LogP contribution is 2.17. The third kappa shape index (κ3) is 3.75. The zero-order valence-corrected chi connectivity index (χ0v) is 10.4. The van der Waals surface area contributed by atoms with Crippen molar-refractivity contribution in [3.8, 4) is 5.75 Å². The van der Waals surface area contributed by atoms with E-state index < -0.39 is 0 Å². The number of hydrogen-bond donors (Lipinski definition) is 2. The summed E-state index contributed by atoms with van der Waals surface area (Å²) in [6.07, 6.45) is 0.818. The zero-order valence-electron chi connectivity index (χ0n) is 10.4. The summed E-state index contributed by atoms with van der Waals surface area (Å²) in [6, 6.07) is 7.23. The maximum Gasteiger partial charge on any atom is 0.255 e. The van der Waals surface area contributed by atoms with Gasteiger partial charge in [0.1, 0.15) is 5.75 Å². The van der Waals surface area contributed by atoms with Crippen molar-refractivity contribution in [3.05, 3.63) is 29.8 Å². The average Bonchev–Trinajstić information content (AvgIpc) is 2.36. The van der Waals surface area contributed by atoms with Crippen LogP contribution >= 0.6 is 0 Å². The van der Waals surface area contributed by atoms with Crippen LogP contribution in [0.1, 0.15) is 30.6 Å². The van der Waals surface area contributed by atoms with Crippen molar-refractivity contribution in [2.45, 2.75) is 26.3 Å². The average molecular weight is 236 g/mol. The monoisotopic (exact) mass is 236 g/mol. The van der Waals surface area contributed by atoms with Gasteiger partial charge in [-0.25, -0.2) is 0 Å². The molecule has 1 amide bonds. The predicted octanol–water partition coefficient (Wildman–Crippen LogP) is 1.55. The Morgan fingerprint density at radius 2 is 2.12 bits per heavy atom. The van der Waals surface area contributed by atoms with E-state index in [2.05, 4.69) is 5.32 Å². The van der Waals surface area contributed by atoms with E-state index in [4.69, 9.17) is 10.5 Å². The van der Waals surface area contributed by atoms with Crippen molar-refractivity contribution in [2.24, 2.45) is 5.73 Å². The number of ether oxygens (including phenoxy) is 1. The van der Waals surface area contributed by atoms with E-state index in [0.717, 1.165) is 6.42 Å². The van der Waals surface area contributed by atoms with E-state index in [-0.39, 0.29) is 11.9 Å². The molecular weight excluding hydrogens is 216 g/mol. The highest BCUT2D eigenvalue weighted by atomic mass is 16.5. The van der Waals surface area contributed by atoms with Crippen LogP contribution in [0.15, 0.2) is 24.3 Å². The van der Waals surface area contributed by atoms with Crippen molar-refractivity contribution in [2.75, 3.05) is 13.2 Å². The van der Waals surface area contributed by atoms with Gasteiger partial charge in [-0.15, -0.1) is 0 Å². The van der Waals surface area contributed by atoms with Crippen LogP contribution in [0.25, 0.3) is 0 Å². The molecule has 0 saturated carbocycles. The van der Waals surface area contributed by atoms with Gasteiger partial charge < -0.3 is 15.8 Å². The first kappa shape index (κ1) is 13.5. The number of nitrogens with two attached hydrogens (primary N) is 1. The molecule has 0 fully saturated rings. The molecule has 4 nitrogen and oxygen atoms in total. The fourth-order valence-electron chi connectivity index (χ4n) is 1.53. The van der Waals surface area contributed by atoms with E-state index in [9.17, 15) is 4.79 Å². The first-order valence-corrected chi connectivity index (χ1v) is 5.95. The van der Waals surface area contributed by atoms with Crippen molar-refractivity contribution in [3.63, 3.8) is 0 Å². The molecule has 0 radical (unpaired) electrons. The van der Waals surface area contributed by atoms with Crippen molar-refractivity contribution < 1.29 is 9.53 Å². The van der Waals surface area contributed by atoms with Gasteiger partial charge in [0.15, 0.2) is 0 Å². The molecule has 1 unspecified atom stereocenters. The lowest BCUT2D eigenvalue weighted by Crippen LogP contribution is -2.39. The lowest BCUT2D eigenvalue weighted by Gasteiger charge is -2.16. The number of para-hydroxylation sites is 1. The Hall–Kier alpha value is -1.55. The van der Waals surface area contributed by atoms with Gasteiger partial charge in [-0.3, -0.25) is 4.79 Å². The quantitative estimate of drug-likeness (QED) is 0.787. The molecule has 0 aliphatic heterocycles. The number of amides is 1. The summed E-state index contributed by atoms with van der Waals surface area (Å²) in [6.45, 7) is 4.87. The summed E-state index contributed by atoms with van der Waals surface area (Å²) < 4.78 is 5.41. The summed E-state index contributed by atoms with van der Waals surface area (Å²) in [5, 5.41) is 2.89. The molecule has 3 N–H and O–H groups in total. The number of benzene rings is 1. The van der Waals surface area contributed by atoms with Crippen LogP contribution in [0.3, 0.4) is 0 Å². The van der Waals surface area contributed by atoms with Gasteiger partial charge in [0, 0.05) is 12.6 Å². The summed E-state index contributed by atoms with van der Waals surface area (Å²) in [5.41, 5.74) is 6.12. The van der Waals surface area contributed by atoms with Gasteiger partial charge in [0.25, 0.3) is 5.91 Å². The second-order valence-corrected chi connectivity index (χ2v) is 3.74. The lowest BCUT2D eigenvalue weighted by molar-refractivity contribution is 0.0933. The van der Waals surface area contributed by atoms with Gasteiger partial charge in [0.05, 0.1) is 12.2 Å². The summed E-state index contributed by atoms with van der Waals surface area (Å²) >= 11 is 0. The molecule has 1 rings (SSSR count). The van der Waals surface area contributed by atoms with Crippen LogP contribution < -0.4 is 15.8 Å². The molecular formula is C13H20N2O2. The highest BCUT2D eigenvalue weighted by molar-refractivity contribution is 5.97. The van der Waals surface area contributed by atoms with Crippen LogP contribution in [-0.4, -0.2) is 25.1 Å². The van der Waals surface area contributed by atoms with Gasteiger partial charge >= 0.3 is 0 Å². The minimum Gasteiger partial charge on any atom is -0.493 e. The van der Waals surface area contributed by atoms with Gasteiger partial charge in [-0.2, -0.15) is 0 Å². The molecule has 1 atom stereocenters. The molecule has 94 valence electrons. The largest absolute Gasteiger partial charge is 0.493 e. The normalized spacial score (nSPS) is 11.9. The molecule has 0 spiro atoms. The smallest absolute Gasteiger partial charge is 0.255 e. The van der Waals surface area contributed by atoms with E-state index in [1.165, 1.54) is 0 Å². The fraction of sp³-hybridized carbons (Fsp3) is 0.462. The van der Waals surface area contributed by atoms with Crippen molar-refractivity contribution in [1.29, 1.82) is 0 Å². The third-order valence-electron chi connectivity index (χ3n) is 2.54. The Kier molecular flexibility index (Phi) is 5.49. The van der Waals surface area contributed by atoms with E-state index in [1.54, 1.807) is 12.1 Å². The number of carbonyl (C=O) groups excluding carboxylic acids is 1. The van der Waals surface area contributed by atoms with Crippen LogP contribution in [0.5, 0.6) is 5.75 Å². The molecule has 0 heterocycles. The Labute approximate surface area is 102 Å². The molecule has 0 bridgehead atoms. The molecule has 17 heavy (non-hydrogen) atoms. The van der Waals surface area contributed by atoms with Gasteiger partial charge in [-0.05, 0) is 25.5 Å². The lowest BCUT2D eigenvalue weighted by atomic mass is 10.1. The number of nitrogens with one attached hydrogen (secondary N) is 1. The standard InChI is InChI=1S/C13H20N2O2/c1-3-10(9-14)15-13(16)11-7-5-6-8-12(11)17-4-2/h5-8,10H,3-4,9,14H2,1-2H3,(H,15,16). The van der Waals surface area contributed by atoms with Crippen molar-refractivity contribution in [1.82, 2.24) is 5.32 Å². The zero-order chi connectivity index (χ0) is 12.7. The minimum atomic E-state index is -0.133. The first-order valence-electron chi connectivity index (χ1n) is 5.95. The Bertz CT molecular complexity index is 362. The predicted molar refractivity (Wildman–Crippen MR) is 68.2 cm³/mol. The molecule has 4 heteroatoms. The summed E-state index contributed by atoms with van der Waals surface area (Å²) in [4.78, 5) is 12.0. The maximum absolute atomic E-state index is 12.0. The Morgan fingerprint density at radius 1 is 1.41 bits per heavy atom.